The van der Waals surface area contributed by atoms with Crippen molar-refractivity contribution in [1.82, 2.24) is 0 Å². The third-order valence-corrected chi connectivity index (χ3v) is 21.5. The van der Waals surface area contributed by atoms with Crippen LogP contribution in [0.1, 0.15) is 6.92 Å². The van der Waals surface area contributed by atoms with Gasteiger partial charge in [-0.25, -0.2) is 4.89 Å². The third-order valence-electron chi connectivity index (χ3n) is 3.74. The Hall–Kier alpha value is 1.07. The highest BCUT2D eigenvalue weighted by Crippen LogP contribution is 2.31. The summed E-state index contributed by atoms with van der Waals surface area (Å²) < 4.78 is 47.1. The predicted octanol–water partition coefficient (Wildman–Crippen LogP) is 3.87. The predicted molar refractivity (Wildman–Crippen MR) is 148 cm³/mol. The molecule has 35 heavy (non-hydrogen) atoms. The summed E-state index contributed by atoms with van der Waals surface area (Å²) in [5.74, 6) is 0. The quantitative estimate of drug-likeness (QED) is 0.0901. The first-order chi connectivity index (χ1) is 15.7. The van der Waals surface area contributed by atoms with Gasteiger partial charge in [-0.3, -0.25) is 0 Å². The molecule has 0 aliphatic carbocycles. The minimum Gasteiger partial charge on any atom is -0.437 e. The van der Waals surface area contributed by atoms with Gasteiger partial charge in [-0.05, 0) is 72.4 Å². The fourth-order valence-electron chi connectivity index (χ4n) is 3.44. The first-order valence-electron chi connectivity index (χ1n) is 11.7. The van der Waals surface area contributed by atoms with Crippen molar-refractivity contribution < 1.29 is 50.0 Å². The Kier molecular flexibility index (Phi) is 16.1. The number of ether oxygens (including phenoxy) is 2. The number of rotatable bonds is 20. The zero-order valence-corrected chi connectivity index (χ0v) is 29.5. The minimum atomic E-state index is -2.92. The highest BCUT2D eigenvalue weighted by atomic mass is 31.2. The Morgan fingerprint density at radius 1 is 0.714 bits per heavy atom. The first-order valence-corrected chi connectivity index (χ1v) is 27.5. The summed E-state index contributed by atoms with van der Waals surface area (Å²) in [6.45, 7) is 23.0. The van der Waals surface area contributed by atoms with Crippen molar-refractivity contribution in [3.63, 3.8) is 0 Å². The van der Waals surface area contributed by atoms with E-state index in [0.29, 0.717) is 12.8 Å². The fourth-order valence-corrected chi connectivity index (χ4v) is 26.2. The summed E-state index contributed by atoms with van der Waals surface area (Å²) >= 11 is 0. The summed E-state index contributed by atoms with van der Waals surface area (Å²) in [5, 5.41) is 10.1. The summed E-state index contributed by atoms with van der Waals surface area (Å²) in [6, 6.07) is 0. The molecule has 0 spiro atoms. The minimum absolute atomic E-state index is 0.0235. The maximum atomic E-state index is 10.1. The second kappa shape index (κ2) is 15.6. The molecule has 0 aliphatic heterocycles. The van der Waals surface area contributed by atoms with Crippen LogP contribution >= 0.6 is 8.60 Å². The molecule has 0 aromatic carbocycles. The molecule has 2 N–H and O–H groups in total. The van der Waals surface area contributed by atoms with Crippen LogP contribution in [0.15, 0.2) is 0 Å². The summed E-state index contributed by atoms with van der Waals surface area (Å²) in [7, 11) is -13.0. The summed E-state index contributed by atoms with van der Waals surface area (Å²) in [5.41, 5.74) is 0. The Morgan fingerprint density at radius 3 is 1.71 bits per heavy atom. The van der Waals surface area contributed by atoms with Crippen LogP contribution in [0.4, 0.5) is 0 Å². The molecule has 0 rings (SSSR count). The lowest BCUT2D eigenvalue weighted by Gasteiger charge is -2.43. The number of hydrogen-bond donors (Lipinski definition) is 2. The van der Waals surface area contributed by atoms with Gasteiger partial charge in [-0.1, -0.05) is 0 Å². The molecule has 0 heterocycles. The number of aliphatic hydroxyl groups is 1. The molecule has 17 heteroatoms. The third kappa shape index (κ3) is 18.9. The van der Waals surface area contributed by atoms with Crippen molar-refractivity contribution in [2.75, 3.05) is 39.4 Å². The molecule has 212 valence electrons. The molecule has 4 atom stereocenters. The Labute approximate surface area is 218 Å². The molecule has 0 amide bonds. The van der Waals surface area contributed by atoms with Crippen LogP contribution in [-0.2, 0) is 40.0 Å². The molecule has 0 aliphatic rings. The van der Waals surface area contributed by atoms with E-state index < -0.39 is 57.0 Å². The van der Waals surface area contributed by atoms with Gasteiger partial charge in [-0.2, -0.15) is 4.67 Å². The lowest BCUT2D eigenvalue weighted by Crippen LogP contribution is -2.63. The molecule has 0 saturated heterocycles. The zero-order valence-electron chi connectivity index (χ0n) is 23.6. The van der Waals surface area contributed by atoms with E-state index in [1.807, 2.05) is 33.1 Å². The van der Waals surface area contributed by atoms with E-state index in [9.17, 15) is 10.00 Å². The average molecular weight is 613 g/mol. The lowest BCUT2D eigenvalue weighted by atomic mass is 10.4. The molecule has 0 aromatic heterocycles. The van der Waals surface area contributed by atoms with E-state index in [0.717, 1.165) is 0 Å². The van der Waals surface area contributed by atoms with Crippen LogP contribution in [-0.4, -0.2) is 97.8 Å². The largest absolute Gasteiger partial charge is 0.437 e. The second-order valence-corrected chi connectivity index (χ2v) is 31.5. The molecule has 4 unspecified atom stereocenters. The molecule has 0 saturated carbocycles. The monoisotopic (exact) mass is 612 g/mol. The second-order valence-electron chi connectivity index (χ2n) is 10.9. The molecule has 11 nitrogen and oxygen atoms in total. The maximum absolute atomic E-state index is 10.1. The van der Waals surface area contributed by atoms with Crippen molar-refractivity contribution in [3.8, 4) is 0 Å². The van der Waals surface area contributed by atoms with E-state index in [-0.39, 0.29) is 19.4 Å². The van der Waals surface area contributed by atoms with Crippen LogP contribution in [0, 0.1) is 0 Å². The van der Waals surface area contributed by atoms with Crippen molar-refractivity contribution in [1.29, 1.82) is 0 Å². The van der Waals surface area contributed by atoms with Crippen LogP contribution in [0.2, 0.25) is 65.5 Å². The highest BCUT2D eigenvalue weighted by Gasteiger charge is 2.49. The van der Waals surface area contributed by atoms with Crippen molar-refractivity contribution in [2.45, 2.75) is 78.5 Å². The molecular weight excluding hydrogens is 564 g/mol. The average Bonchev–Trinajstić information content (AvgIpc) is 2.61. The van der Waals surface area contributed by atoms with Crippen LogP contribution in [0.3, 0.4) is 0 Å². The number of aliphatic hydroxyl groups excluding tert-OH is 1. The van der Waals surface area contributed by atoms with Gasteiger partial charge < -0.3 is 40.5 Å². The van der Waals surface area contributed by atoms with Crippen molar-refractivity contribution >= 4 is 50.9 Å². The van der Waals surface area contributed by atoms with Gasteiger partial charge in [-0.15, -0.1) is 0 Å². The van der Waals surface area contributed by atoms with Crippen molar-refractivity contribution in [3.05, 3.63) is 0 Å². The summed E-state index contributed by atoms with van der Waals surface area (Å²) in [4.78, 5) is 14.0. The molecule has 0 radical (unpaired) electrons. The maximum Gasteiger partial charge on any atom is 0.359 e. The van der Waals surface area contributed by atoms with Gasteiger partial charge >= 0.3 is 34.3 Å². The molecule has 0 bridgehead atoms. The Bertz CT molecular complexity index is 596. The Morgan fingerprint density at radius 2 is 1.23 bits per heavy atom. The van der Waals surface area contributed by atoms with Gasteiger partial charge in [0.25, 0.3) is 0 Å². The molecular formula is C18H49O11PSi5. The van der Waals surface area contributed by atoms with Crippen molar-refractivity contribution in [2.24, 2.45) is 0 Å². The van der Waals surface area contributed by atoms with Crippen LogP contribution in [0.25, 0.3) is 0 Å². The van der Waals surface area contributed by atoms with Gasteiger partial charge in [0.2, 0.25) is 0 Å². The normalized spacial score (nSPS) is 18.7. The van der Waals surface area contributed by atoms with Gasteiger partial charge in [0.15, 0.2) is 16.6 Å². The molecule has 0 fully saturated rings. The van der Waals surface area contributed by atoms with Gasteiger partial charge in [0, 0.05) is 13.7 Å². The lowest BCUT2D eigenvalue weighted by molar-refractivity contribution is -0.233. The van der Waals surface area contributed by atoms with E-state index in [1.165, 1.54) is 7.11 Å². The molecule has 0 aromatic rings. The van der Waals surface area contributed by atoms with E-state index >= 15 is 0 Å². The van der Waals surface area contributed by atoms with E-state index in [4.69, 9.17) is 30.8 Å². The van der Waals surface area contributed by atoms with Gasteiger partial charge in [0.1, 0.15) is 12.7 Å². The van der Waals surface area contributed by atoms with Gasteiger partial charge in [0.05, 0.1) is 19.1 Å². The van der Waals surface area contributed by atoms with E-state index in [2.05, 4.69) is 48.5 Å². The van der Waals surface area contributed by atoms with Crippen LogP contribution in [0.5, 0.6) is 0 Å². The smallest absolute Gasteiger partial charge is 0.359 e. The Balaban J connectivity index is 5.42. The standard InChI is InChI=1S/C18H49O11PSi5/c1-13-22-16-35(12,28-33(9,10)26-31(3,4)5)29-34(11,27-32(6,7)8)17-23-14-18(19)15-24-25-30(20)21-2/h18-20H,13-17H2,1-12H3. The number of hydrogen-bond acceptors (Lipinski definition) is 11. The fraction of sp³-hybridized carbons (Fsp3) is 1.00. The van der Waals surface area contributed by atoms with Crippen LogP contribution < -0.4 is 0 Å². The van der Waals surface area contributed by atoms with E-state index in [1.54, 1.807) is 0 Å². The first kappa shape index (κ1) is 36.1. The highest BCUT2D eigenvalue weighted by molar-refractivity contribution is 7.40. The zero-order chi connectivity index (χ0) is 27.6. The SMILES string of the molecule is CCOC[Si](C)(O[Si](C)(C)O[Si](C)(C)C)O[Si](C)(COCC(O)COOP(O)OC)O[Si](C)(C)C. The summed E-state index contributed by atoms with van der Waals surface area (Å²) in [6.07, 6.45) is -0.431. The topological polar surface area (TPSA) is 124 Å².